The van der Waals surface area contributed by atoms with E-state index in [0.29, 0.717) is 42.0 Å². The molecular weight excluding hydrogens is 411 g/mol. The molecule has 0 bridgehead atoms. The number of likely N-dealkylation sites (N-methyl/N-ethyl adjacent to an activating group) is 1. The molecule has 1 aliphatic heterocycles. The number of aromatic hydroxyl groups is 1. The molecule has 1 fully saturated rings. The molecule has 2 aromatic rings. The molecule has 2 aromatic heterocycles. The molecule has 2 aliphatic rings. The number of carbonyl (C=O) groups is 1. The quantitative estimate of drug-likeness (QED) is 0.798. The number of hydrogen-bond donors (Lipinski definition) is 1. The molecule has 32 heavy (non-hydrogen) atoms. The zero-order valence-electron chi connectivity index (χ0n) is 17.9. The molecule has 0 saturated carbocycles. The lowest BCUT2D eigenvalue weighted by Gasteiger charge is -2.32. The van der Waals surface area contributed by atoms with Gasteiger partial charge in [-0.2, -0.15) is 15.0 Å². The van der Waals surface area contributed by atoms with Crippen molar-refractivity contribution in [3.63, 3.8) is 0 Å². The number of nitrogens with zero attached hydrogens (tertiary/aromatic N) is 6. The van der Waals surface area contributed by atoms with Crippen molar-refractivity contribution in [2.45, 2.75) is 13.3 Å². The monoisotopic (exact) mass is 434 g/mol. The van der Waals surface area contributed by atoms with Gasteiger partial charge in [-0.05, 0) is 44.2 Å². The van der Waals surface area contributed by atoms with E-state index in [1.54, 1.807) is 17.0 Å². The molecule has 4 rings (SSSR count). The summed E-state index contributed by atoms with van der Waals surface area (Å²) in [4.78, 5) is 21.0. The second kappa shape index (κ2) is 8.77. The Balaban J connectivity index is 1.58. The van der Waals surface area contributed by atoms with Crippen LogP contribution in [-0.2, 0) is 0 Å². The van der Waals surface area contributed by atoms with Crippen LogP contribution in [0.2, 0.25) is 0 Å². The third-order valence-corrected chi connectivity index (χ3v) is 5.76. The van der Waals surface area contributed by atoms with Crippen LogP contribution in [0.3, 0.4) is 0 Å². The molecule has 0 spiro atoms. The van der Waals surface area contributed by atoms with E-state index in [1.165, 1.54) is 29.2 Å². The number of piperazine rings is 1. The van der Waals surface area contributed by atoms with Crippen LogP contribution < -0.4 is 0 Å². The molecule has 0 unspecified atom stereocenters. The third-order valence-electron chi connectivity index (χ3n) is 5.76. The van der Waals surface area contributed by atoms with Gasteiger partial charge in [0.25, 0.3) is 5.91 Å². The second-order valence-corrected chi connectivity index (χ2v) is 7.91. The molecule has 0 radical (unpaired) electrons. The van der Waals surface area contributed by atoms with Gasteiger partial charge in [0, 0.05) is 32.4 Å². The van der Waals surface area contributed by atoms with Gasteiger partial charge < -0.3 is 14.9 Å². The molecule has 1 N–H and O–H groups in total. The largest absolute Gasteiger partial charge is 0.493 e. The van der Waals surface area contributed by atoms with Crippen molar-refractivity contribution in [2.24, 2.45) is 0 Å². The molecule has 3 heterocycles. The van der Waals surface area contributed by atoms with Crippen LogP contribution in [0, 0.1) is 11.3 Å². The fourth-order valence-electron chi connectivity index (χ4n) is 3.73. The van der Waals surface area contributed by atoms with E-state index in [-0.39, 0.29) is 17.4 Å². The minimum atomic E-state index is -0.656. The Morgan fingerprint density at radius 1 is 1.22 bits per heavy atom. The molecule has 1 saturated heterocycles. The normalized spacial score (nSPS) is 17.5. The number of nitriles is 1. The summed E-state index contributed by atoms with van der Waals surface area (Å²) in [6.45, 7) is 4.81. The van der Waals surface area contributed by atoms with E-state index in [1.807, 2.05) is 20.0 Å². The van der Waals surface area contributed by atoms with Gasteiger partial charge in [-0.15, -0.1) is 0 Å². The van der Waals surface area contributed by atoms with Gasteiger partial charge in [0.05, 0.1) is 22.9 Å². The predicted octanol–water partition coefficient (Wildman–Crippen LogP) is 2.84. The average molecular weight is 434 g/mol. The van der Waals surface area contributed by atoms with Crippen molar-refractivity contribution >= 4 is 11.5 Å². The highest BCUT2D eigenvalue weighted by molar-refractivity contribution is 5.94. The van der Waals surface area contributed by atoms with E-state index in [9.17, 15) is 14.3 Å². The minimum Gasteiger partial charge on any atom is -0.493 e. The first kappa shape index (κ1) is 21.5. The second-order valence-electron chi connectivity index (χ2n) is 7.91. The lowest BCUT2D eigenvalue weighted by atomic mass is 10.0. The van der Waals surface area contributed by atoms with Crippen LogP contribution in [0.5, 0.6) is 5.88 Å². The number of aromatic nitrogens is 3. The van der Waals surface area contributed by atoms with Gasteiger partial charge in [-0.25, -0.2) is 9.37 Å². The van der Waals surface area contributed by atoms with E-state index in [2.05, 4.69) is 15.0 Å². The Kier molecular flexibility index (Phi) is 5.88. The Bertz CT molecular complexity index is 1180. The van der Waals surface area contributed by atoms with E-state index in [4.69, 9.17) is 5.26 Å². The maximum atomic E-state index is 14.4. The van der Waals surface area contributed by atoms with Gasteiger partial charge in [0.15, 0.2) is 5.82 Å². The summed E-state index contributed by atoms with van der Waals surface area (Å²) in [6, 6.07) is 5.10. The van der Waals surface area contributed by atoms with Gasteiger partial charge in [-0.3, -0.25) is 4.79 Å². The fraction of sp³-hybridized carbons (Fsp3) is 0.304. The van der Waals surface area contributed by atoms with Crippen LogP contribution in [0.1, 0.15) is 29.3 Å². The number of allylic oxidation sites excluding steroid dienone is 6. The molecule has 0 atom stereocenters. The minimum absolute atomic E-state index is 0.0338. The van der Waals surface area contributed by atoms with Crippen molar-refractivity contribution < 1.29 is 14.3 Å². The summed E-state index contributed by atoms with van der Waals surface area (Å²) in [6.07, 6.45) is 6.04. The first-order chi connectivity index (χ1) is 15.4. The van der Waals surface area contributed by atoms with E-state index < -0.39 is 5.83 Å². The summed E-state index contributed by atoms with van der Waals surface area (Å²) < 4.78 is 15.6. The van der Waals surface area contributed by atoms with E-state index >= 15 is 0 Å². The first-order valence-electron chi connectivity index (χ1n) is 10.3. The lowest BCUT2D eigenvalue weighted by molar-refractivity contribution is 0.0663. The van der Waals surface area contributed by atoms with Crippen molar-refractivity contribution in [1.29, 1.82) is 5.26 Å². The van der Waals surface area contributed by atoms with Crippen LogP contribution >= 0.6 is 0 Å². The molecule has 1 amide bonds. The average Bonchev–Trinajstić information content (AvgIpc) is 3.11. The zero-order chi connectivity index (χ0) is 22.8. The smallest absolute Gasteiger partial charge is 0.255 e. The highest BCUT2D eigenvalue weighted by Gasteiger charge is 2.22. The summed E-state index contributed by atoms with van der Waals surface area (Å²) in [7, 11) is 2.03. The standard InChI is InChI=1S/C23H23FN6O2/c1-15-3-4-16(12-25)20(24)11-18(15)19-14-27-30(23(19)32)21-6-5-17(13-26-21)22(31)29-9-7-28(2)8-10-29/h4-6,11,13-14,32H,3,7-10H2,1-2H3. The lowest BCUT2D eigenvalue weighted by Crippen LogP contribution is -2.47. The van der Waals surface area contributed by atoms with Gasteiger partial charge >= 0.3 is 0 Å². The molecule has 1 aliphatic carbocycles. The Hall–Kier alpha value is -3.77. The molecule has 8 nitrogen and oxygen atoms in total. The Morgan fingerprint density at radius 2 is 1.97 bits per heavy atom. The van der Waals surface area contributed by atoms with E-state index in [0.717, 1.165) is 18.7 Å². The fourth-order valence-corrected chi connectivity index (χ4v) is 3.73. The van der Waals surface area contributed by atoms with Gasteiger partial charge in [0.1, 0.15) is 11.9 Å². The molecule has 9 heteroatoms. The molecular formula is C23H23FN6O2. The number of carbonyl (C=O) groups excluding carboxylic acids is 1. The SMILES string of the molecule is CC1=C(c2cnn(-c3ccc(C(=O)N4CCN(C)CC4)cn3)c2O)C=C(F)C(C#N)=CC1. The number of pyridine rings is 1. The summed E-state index contributed by atoms with van der Waals surface area (Å²) in [5.74, 6) is -0.607. The highest BCUT2D eigenvalue weighted by atomic mass is 19.1. The maximum Gasteiger partial charge on any atom is 0.255 e. The number of hydrogen-bond acceptors (Lipinski definition) is 6. The predicted molar refractivity (Wildman–Crippen MR) is 117 cm³/mol. The summed E-state index contributed by atoms with van der Waals surface area (Å²) >= 11 is 0. The van der Waals surface area contributed by atoms with Gasteiger partial charge in [-0.1, -0.05) is 11.6 Å². The third kappa shape index (κ3) is 4.05. The Labute approximate surface area is 185 Å². The summed E-state index contributed by atoms with van der Waals surface area (Å²) in [5.41, 5.74) is 2.03. The molecule has 0 aromatic carbocycles. The Morgan fingerprint density at radius 3 is 2.62 bits per heavy atom. The van der Waals surface area contributed by atoms with Crippen LogP contribution in [0.25, 0.3) is 11.4 Å². The van der Waals surface area contributed by atoms with Crippen molar-refractivity contribution in [3.8, 4) is 17.8 Å². The topological polar surface area (TPSA) is 98.3 Å². The van der Waals surface area contributed by atoms with Crippen LogP contribution in [0.4, 0.5) is 4.39 Å². The summed E-state index contributed by atoms with van der Waals surface area (Å²) in [5, 5.41) is 24.0. The maximum absolute atomic E-state index is 14.4. The van der Waals surface area contributed by atoms with Crippen LogP contribution in [-0.4, -0.2) is 68.8 Å². The van der Waals surface area contributed by atoms with Crippen molar-refractivity contribution in [2.75, 3.05) is 33.2 Å². The van der Waals surface area contributed by atoms with Crippen LogP contribution in [0.15, 0.2) is 53.7 Å². The highest BCUT2D eigenvalue weighted by Crippen LogP contribution is 2.35. The van der Waals surface area contributed by atoms with Crippen molar-refractivity contribution in [3.05, 3.63) is 64.8 Å². The number of rotatable bonds is 3. The first-order valence-corrected chi connectivity index (χ1v) is 10.3. The zero-order valence-corrected chi connectivity index (χ0v) is 17.9. The van der Waals surface area contributed by atoms with Gasteiger partial charge in [0.2, 0.25) is 5.88 Å². The molecule has 164 valence electrons. The number of amides is 1. The number of halogens is 1. The van der Waals surface area contributed by atoms with Crippen molar-refractivity contribution in [1.82, 2.24) is 24.6 Å².